The predicted octanol–water partition coefficient (Wildman–Crippen LogP) is 1.61. The van der Waals surface area contributed by atoms with E-state index in [-0.39, 0.29) is 12.5 Å². The van der Waals surface area contributed by atoms with Gasteiger partial charge in [0, 0.05) is 29.6 Å². The van der Waals surface area contributed by atoms with Crippen LogP contribution in [0.5, 0.6) is 0 Å². The van der Waals surface area contributed by atoms with Gasteiger partial charge in [-0.25, -0.2) is 4.79 Å². The molecule has 0 aliphatic heterocycles. The summed E-state index contributed by atoms with van der Waals surface area (Å²) in [6.07, 6.45) is 3.61. The number of hydrogen-bond acceptors (Lipinski definition) is 4. The molecule has 1 heterocycles. The SMILES string of the molecule is CCCCC(=O)Nc1ccc(NC(=O)Cn2cc(C)c(=O)[nH]c2=O)cc1. The summed E-state index contributed by atoms with van der Waals surface area (Å²) in [6.45, 7) is 3.36. The van der Waals surface area contributed by atoms with Crippen LogP contribution < -0.4 is 21.9 Å². The molecule has 0 atom stereocenters. The van der Waals surface area contributed by atoms with E-state index in [1.165, 1.54) is 6.20 Å². The highest BCUT2D eigenvalue weighted by molar-refractivity contribution is 5.92. The van der Waals surface area contributed by atoms with Gasteiger partial charge in [-0.1, -0.05) is 13.3 Å². The van der Waals surface area contributed by atoms with Gasteiger partial charge in [0.05, 0.1) is 0 Å². The molecule has 0 saturated carbocycles. The number of H-pyrrole nitrogens is 1. The fourth-order valence-corrected chi connectivity index (χ4v) is 2.29. The topological polar surface area (TPSA) is 113 Å². The molecule has 26 heavy (non-hydrogen) atoms. The van der Waals surface area contributed by atoms with Crippen LogP contribution in [0.1, 0.15) is 31.7 Å². The number of nitrogens with zero attached hydrogens (tertiary/aromatic N) is 1. The van der Waals surface area contributed by atoms with E-state index < -0.39 is 17.2 Å². The van der Waals surface area contributed by atoms with E-state index in [1.54, 1.807) is 31.2 Å². The Morgan fingerprint density at radius 3 is 2.19 bits per heavy atom. The molecule has 0 bridgehead atoms. The minimum Gasteiger partial charge on any atom is -0.326 e. The van der Waals surface area contributed by atoms with Crippen LogP contribution in [0.15, 0.2) is 40.1 Å². The number of amides is 2. The first-order valence-corrected chi connectivity index (χ1v) is 8.39. The molecule has 138 valence electrons. The minimum absolute atomic E-state index is 0.0450. The molecule has 2 aromatic rings. The van der Waals surface area contributed by atoms with Gasteiger partial charge in [-0.05, 0) is 37.6 Å². The standard InChI is InChI=1S/C18H22N4O4/c1-3-4-5-15(23)19-13-6-8-14(9-7-13)20-16(24)11-22-10-12(2)17(25)21-18(22)26/h6-10H,3-5,11H2,1-2H3,(H,19,23)(H,20,24)(H,21,25,26). The highest BCUT2D eigenvalue weighted by Gasteiger charge is 2.08. The molecule has 2 amide bonds. The third kappa shape index (κ3) is 5.44. The Morgan fingerprint density at radius 2 is 1.62 bits per heavy atom. The zero-order valence-electron chi connectivity index (χ0n) is 14.8. The third-order valence-corrected chi connectivity index (χ3v) is 3.71. The first kappa shape index (κ1) is 19.2. The third-order valence-electron chi connectivity index (χ3n) is 3.71. The van der Waals surface area contributed by atoms with E-state index in [0.717, 1.165) is 17.4 Å². The number of benzene rings is 1. The van der Waals surface area contributed by atoms with E-state index in [1.807, 2.05) is 6.92 Å². The van der Waals surface area contributed by atoms with Crippen molar-refractivity contribution < 1.29 is 9.59 Å². The number of rotatable bonds is 7. The number of carbonyl (C=O) groups is 2. The van der Waals surface area contributed by atoms with Crippen LogP contribution >= 0.6 is 0 Å². The number of carbonyl (C=O) groups excluding carboxylic acids is 2. The Labute approximate surface area is 150 Å². The normalized spacial score (nSPS) is 10.4. The number of anilines is 2. The van der Waals surface area contributed by atoms with Gasteiger partial charge in [0.15, 0.2) is 0 Å². The molecule has 0 unspecified atom stereocenters. The lowest BCUT2D eigenvalue weighted by molar-refractivity contribution is -0.117. The summed E-state index contributed by atoms with van der Waals surface area (Å²) in [5, 5.41) is 5.45. The number of nitrogens with one attached hydrogen (secondary N) is 3. The molecule has 0 radical (unpaired) electrons. The molecule has 0 saturated heterocycles. The van der Waals surface area contributed by atoms with Crippen molar-refractivity contribution in [1.29, 1.82) is 0 Å². The smallest absolute Gasteiger partial charge is 0.326 e. The molecule has 0 spiro atoms. The number of unbranched alkanes of at least 4 members (excludes halogenated alkanes) is 1. The van der Waals surface area contributed by atoms with E-state index in [9.17, 15) is 19.2 Å². The van der Waals surface area contributed by atoms with Crippen molar-refractivity contribution in [3.63, 3.8) is 0 Å². The van der Waals surface area contributed by atoms with Crippen LogP contribution in [0, 0.1) is 6.92 Å². The van der Waals surface area contributed by atoms with Crippen LogP contribution in [0.25, 0.3) is 0 Å². The van der Waals surface area contributed by atoms with E-state index in [2.05, 4.69) is 15.6 Å². The van der Waals surface area contributed by atoms with Crippen molar-refractivity contribution in [2.24, 2.45) is 0 Å². The Hall–Kier alpha value is -3.16. The molecule has 8 nitrogen and oxygen atoms in total. The van der Waals surface area contributed by atoms with Gasteiger partial charge >= 0.3 is 5.69 Å². The lowest BCUT2D eigenvalue weighted by Crippen LogP contribution is -2.34. The second kappa shape index (κ2) is 8.80. The second-order valence-electron chi connectivity index (χ2n) is 5.98. The van der Waals surface area contributed by atoms with E-state index in [4.69, 9.17) is 0 Å². The van der Waals surface area contributed by atoms with Gasteiger partial charge in [0.1, 0.15) is 6.54 Å². The lowest BCUT2D eigenvalue weighted by atomic mass is 10.2. The maximum atomic E-state index is 12.1. The number of aromatic nitrogens is 2. The fraction of sp³-hybridized carbons (Fsp3) is 0.333. The summed E-state index contributed by atoms with van der Waals surface area (Å²) >= 11 is 0. The molecule has 8 heteroatoms. The summed E-state index contributed by atoms with van der Waals surface area (Å²) < 4.78 is 1.13. The van der Waals surface area contributed by atoms with Gasteiger partial charge in [0.2, 0.25) is 11.8 Å². The van der Waals surface area contributed by atoms with Crippen molar-refractivity contribution in [1.82, 2.24) is 9.55 Å². The molecular weight excluding hydrogens is 336 g/mol. The Balaban J connectivity index is 1.95. The largest absolute Gasteiger partial charge is 0.328 e. The molecule has 3 N–H and O–H groups in total. The summed E-state index contributed by atoms with van der Waals surface area (Å²) in [5.74, 6) is -0.449. The zero-order chi connectivity index (χ0) is 19.1. The number of aryl methyl sites for hydroxylation is 1. The summed E-state index contributed by atoms with van der Waals surface area (Å²) in [6, 6.07) is 6.70. The maximum absolute atomic E-state index is 12.1. The Bertz CT molecular complexity index is 897. The lowest BCUT2D eigenvalue weighted by Gasteiger charge is -2.09. The van der Waals surface area contributed by atoms with Gasteiger partial charge in [-0.15, -0.1) is 0 Å². The quantitative estimate of drug-likeness (QED) is 0.698. The number of hydrogen-bond donors (Lipinski definition) is 3. The van der Waals surface area contributed by atoms with E-state index >= 15 is 0 Å². The van der Waals surface area contributed by atoms with Crippen LogP contribution in [0.3, 0.4) is 0 Å². The van der Waals surface area contributed by atoms with Crippen LogP contribution in [-0.4, -0.2) is 21.4 Å². The highest BCUT2D eigenvalue weighted by atomic mass is 16.2. The van der Waals surface area contributed by atoms with Crippen molar-refractivity contribution in [3.8, 4) is 0 Å². The molecular formula is C18H22N4O4. The predicted molar refractivity (Wildman–Crippen MR) is 99.3 cm³/mol. The molecule has 0 fully saturated rings. The first-order valence-electron chi connectivity index (χ1n) is 8.39. The van der Waals surface area contributed by atoms with Crippen LogP contribution in [-0.2, 0) is 16.1 Å². The van der Waals surface area contributed by atoms with Crippen molar-refractivity contribution in [2.45, 2.75) is 39.7 Å². The minimum atomic E-state index is -0.638. The van der Waals surface area contributed by atoms with Crippen molar-refractivity contribution >= 4 is 23.2 Å². The first-order chi connectivity index (χ1) is 12.4. The fourth-order valence-electron chi connectivity index (χ4n) is 2.29. The van der Waals surface area contributed by atoms with Crippen molar-refractivity contribution in [3.05, 3.63) is 56.9 Å². The highest BCUT2D eigenvalue weighted by Crippen LogP contribution is 2.14. The summed E-state index contributed by atoms with van der Waals surface area (Å²) in [7, 11) is 0. The van der Waals surface area contributed by atoms with Crippen LogP contribution in [0.2, 0.25) is 0 Å². The van der Waals surface area contributed by atoms with Crippen LogP contribution in [0.4, 0.5) is 11.4 Å². The van der Waals surface area contributed by atoms with Gasteiger partial charge in [-0.2, -0.15) is 0 Å². The molecule has 0 aliphatic carbocycles. The summed E-state index contributed by atoms with van der Waals surface area (Å²) in [5.41, 5.74) is 0.428. The maximum Gasteiger partial charge on any atom is 0.328 e. The van der Waals surface area contributed by atoms with Gasteiger partial charge < -0.3 is 10.6 Å². The van der Waals surface area contributed by atoms with Crippen molar-refractivity contribution in [2.75, 3.05) is 10.6 Å². The molecule has 2 rings (SSSR count). The second-order valence-corrected chi connectivity index (χ2v) is 5.98. The monoisotopic (exact) mass is 358 g/mol. The van der Waals surface area contributed by atoms with Gasteiger partial charge in [0.25, 0.3) is 5.56 Å². The Morgan fingerprint density at radius 1 is 1.04 bits per heavy atom. The molecule has 0 aliphatic rings. The van der Waals surface area contributed by atoms with E-state index in [0.29, 0.717) is 23.4 Å². The molecule has 1 aromatic heterocycles. The van der Waals surface area contributed by atoms with Gasteiger partial charge in [-0.3, -0.25) is 23.9 Å². The number of aromatic amines is 1. The Kier molecular flexibility index (Phi) is 6.48. The molecule has 1 aromatic carbocycles. The zero-order valence-corrected chi connectivity index (χ0v) is 14.8. The summed E-state index contributed by atoms with van der Waals surface area (Å²) in [4.78, 5) is 48.9. The average molecular weight is 358 g/mol. The average Bonchev–Trinajstić information content (AvgIpc) is 2.59.